The molecule has 0 radical (unpaired) electrons. The molecule has 1 aromatic heterocycles. The largest absolute Gasteiger partial charge is 0.494 e. The number of anilines is 2. The molecule has 1 heterocycles. The zero-order chi connectivity index (χ0) is 14.7. The Morgan fingerprint density at radius 1 is 1.24 bits per heavy atom. The van der Waals surface area contributed by atoms with Gasteiger partial charge in [0.25, 0.3) is 0 Å². The maximum Gasteiger partial charge on any atom is 0.135 e. The van der Waals surface area contributed by atoms with Crippen molar-refractivity contribution < 1.29 is 4.74 Å². The van der Waals surface area contributed by atoms with Crippen molar-refractivity contribution >= 4 is 23.1 Å². The maximum absolute atomic E-state index is 6.08. The van der Waals surface area contributed by atoms with Gasteiger partial charge in [0, 0.05) is 18.2 Å². The van der Waals surface area contributed by atoms with Crippen LogP contribution in [0.3, 0.4) is 0 Å². The molecule has 1 saturated carbocycles. The molecule has 1 aliphatic rings. The van der Waals surface area contributed by atoms with Crippen LogP contribution in [0, 0.1) is 5.92 Å². The fraction of sp³-hybridized carbons (Fsp3) is 0.375. The van der Waals surface area contributed by atoms with E-state index in [1.165, 1.54) is 12.8 Å². The summed E-state index contributed by atoms with van der Waals surface area (Å²) in [6.45, 7) is 2.63. The van der Waals surface area contributed by atoms with E-state index >= 15 is 0 Å². The summed E-state index contributed by atoms with van der Waals surface area (Å²) in [5.41, 5.74) is 0.950. The molecule has 1 aromatic carbocycles. The van der Waals surface area contributed by atoms with E-state index in [1.54, 1.807) is 6.07 Å². The third-order valence-corrected chi connectivity index (χ3v) is 3.54. The molecule has 0 spiro atoms. The van der Waals surface area contributed by atoms with E-state index in [9.17, 15) is 0 Å². The Bertz CT molecular complexity index is 611. The molecule has 1 fully saturated rings. The van der Waals surface area contributed by atoms with Gasteiger partial charge >= 0.3 is 0 Å². The smallest absolute Gasteiger partial charge is 0.135 e. The first-order valence-electron chi connectivity index (χ1n) is 7.26. The minimum absolute atomic E-state index is 0.481. The van der Waals surface area contributed by atoms with Crippen LogP contribution in [-0.2, 0) is 6.42 Å². The van der Waals surface area contributed by atoms with E-state index in [-0.39, 0.29) is 0 Å². The van der Waals surface area contributed by atoms with Crippen molar-refractivity contribution in [2.45, 2.75) is 26.2 Å². The van der Waals surface area contributed by atoms with Crippen molar-refractivity contribution in [2.75, 3.05) is 11.9 Å². The predicted octanol–water partition coefficient (Wildman–Crippen LogP) is 4.22. The van der Waals surface area contributed by atoms with Gasteiger partial charge in [0.1, 0.15) is 22.5 Å². The first-order chi connectivity index (χ1) is 10.2. The average Bonchev–Trinajstić information content (AvgIpc) is 3.24. The van der Waals surface area contributed by atoms with Gasteiger partial charge in [-0.1, -0.05) is 11.6 Å². The van der Waals surface area contributed by atoms with Gasteiger partial charge in [0.2, 0.25) is 0 Å². The van der Waals surface area contributed by atoms with Crippen LogP contribution in [-0.4, -0.2) is 16.6 Å². The van der Waals surface area contributed by atoms with Gasteiger partial charge < -0.3 is 10.1 Å². The summed E-state index contributed by atoms with van der Waals surface area (Å²) in [5.74, 6) is 3.15. The lowest BCUT2D eigenvalue weighted by Gasteiger charge is -2.09. The Hall–Kier alpha value is -1.81. The van der Waals surface area contributed by atoms with Gasteiger partial charge in [-0.05, 0) is 49.9 Å². The molecule has 1 N–H and O–H groups in total. The monoisotopic (exact) mass is 303 g/mol. The third kappa shape index (κ3) is 4.08. The Morgan fingerprint density at radius 2 is 2.00 bits per heavy atom. The van der Waals surface area contributed by atoms with Crippen LogP contribution in [0.5, 0.6) is 5.75 Å². The van der Waals surface area contributed by atoms with E-state index in [0.29, 0.717) is 11.8 Å². The van der Waals surface area contributed by atoms with Gasteiger partial charge in [-0.3, -0.25) is 0 Å². The van der Waals surface area contributed by atoms with Crippen LogP contribution in [0.4, 0.5) is 11.5 Å². The molecule has 1 aliphatic carbocycles. The molecule has 3 rings (SSSR count). The predicted molar refractivity (Wildman–Crippen MR) is 84.4 cm³/mol. The van der Waals surface area contributed by atoms with Gasteiger partial charge in [-0.15, -0.1) is 0 Å². The minimum Gasteiger partial charge on any atom is -0.494 e. The van der Waals surface area contributed by atoms with Crippen molar-refractivity contribution in [2.24, 2.45) is 5.92 Å². The van der Waals surface area contributed by atoms with Crippen molar-refractivity contribution in [1.29, 1.82) is 0 Å². The number of nitrogens with zero attached hydrogens (tertiary/aromatic N) is 2. The average molecular weight is 304 g/mol. The van der Waals surface area contributed by atoms with Gasteiger partial charge in [0.15, 0.2) is 0 Å². The number of hydrogen-bond donors (Lipinski definition) is 1. The van der Waals surface area contributed by atoms with E-state index < -0.39 is 0 Å². The summed E-state index contributed by atoms with van der Waals surface area (Å²) in [5, 5.41) is 3.74. The molecule has 0 aliphatic heterocycles. The molecule has 0 saturated heterocycles. The molecule has 2 aromatic rings. The van der Waals surface area contributed by atoms with Crippen LogP contribution in [0.15, 0.2) is 30.3 Å². The van der Waals surface area contributed by atoms with Crippen molar-refractivity contribution in [3.8, 4) is 5.75 Å². The fourth-order valence-corrected chi connectivity index (χ4v) is 2.35. The summed E-state index contributed by atoms with van der Waals surface area (Å²) in [7, 11) is 0. The quantitative estimate of drug-likeness (QED) is 0.811. The molecule has 0 atom stereocenters. The van der Waals surface area contributed by atoms with Crippen LogP contribution in [0.1, 0.15) is 25.6 Å². The number of ether oxygens (including phenoxy) is 1. The first kappa shape index (κ1) is 14.1. The fourth-order valence-electron chi connectivity index (χ4n) is 2.15. The SMILES string of the molecule is CCOc1ccc(Nc2cc(Cl)nc(CC3CC3)n2)cc1. The lowest BCUT2D eigenvalue weighted by Crippen LogP contribution is -2.01. The third-order valence-electron chi connectivity index (χ3n) is 3.35. The molecular weight excluding hydrogens is 286 g/mol. The van der Waals surface area contributed by atoms with Crippen molar-refractivity contribution in [3.05, 3.63) is 41.3 Å². The van der Waals surface area contributed by atoms with E-state index in [2.05, 4.69) is 15.3 Å². The molecular formula is C16H18ClN3O. The van der Waals surface area contributed by atoms with E-state index in [0.717, 1.165) is 35.4 Å². The van der Waals surface area contributed by atoms with Crippen LogP contribution >= 0.6 is 11.6 Å². The number of nitrogens with one attached hydrogen (secondary N) is 1. The van der Waals surface area contributed by atoms with Crippen LogP contribution in [0.25, 0.3) is 0 Å². The Labute approximate surface area is 129 Å². The second-order valence-electron chi connectivity index (χ2n) is 5.22. The van der Waals surface area contributed by atoms with Gasteiger partial charge in [-0.25, -0.2) is 9.97 Å². The number of benzene rings is 1. The van der Waals surface area contributed by atoms with Gasteiger partial charge in [-0.2, -0.15) is 0 Å². The molecule has 5 heteroatoms. The van der Waals surface area contributed by atoms with Crippen LogP contribution in [0.2, 0.25) is 5.15 Å². The first-order valence-corrected chi connectivity index (χ1v) is 7.64. The molecule has 0 amide bonds. The Kier molecular flexibility index (Phi) is 4.25. The number of rotatable bonds is 6. The lowest BCUT2D eigenvalue weighted by molar-refractivity contribution is 0.340. The standard InChI is InChI=1S/C16H18ClN3O/c1-2-21-13-7-5-12(6-8-13)18-16-10-14(17)19-15(20-16)9-11-3-4-11/h5-8,10-11H,2-4,9H2,1H3,(H,18,19,20). The summed E-state index contributed by atoms with van der Waals surface area (Å²) < 4.78 is 5.43. The number of halogens is 1. The normalized spacial score (nSPS) is 14.0. The summed E-state index contributed by atoms with van der Waals surface area (Å²) in [6, 6.07) is 9.52. The molecule has 21 heavy (non-hydrogen) atoms. The van der Waals surface area contributed by atoms with Crippen LogP contribution < -0.4 is 10.1 Å². The zero-order valence-corrected chi connectivity index (χ0v) is 12.7. The molecule has 4 nitrogen and oxygen atoms in total. The van der Waals surface area contributed by atoms with Gasteiger partial charge in [0.05, 0.1) is 6.61 Å². The molecule has 0 unspecified atom stereocenters. The maximum atomic E-state index is 6.08. The lowest BCUT2D eigenvalue weighted by atomic mass is 10.3. The Morgan fingerprint density at radius 3 is 2.67 bits per heavy atom. The zero-order valence-electron chi connectivity index (χ0n) is 12.0. The van der Waals surface area contributed by atoms with Crippen molar-refractivity contribution in [1.82, 2.24) is 9.97 Å². The topological polar surface area (TPSA) is 47.0 Å². The Balaban J connectivity index is 1.72. The van der Waals surface area contributed by atoms with E-state index in [4.69, 9.17) is 16.3 Å². The summed E-state index contributed by atoms with van der Waals surface area (Å²) in [4.78, 5) is 8.82. The van der Waals surface area contributed by atoms with E-state index in [1.807, 2.05) is 31.2 Å². The second kappa shape index (κ2) is 6.31. The highest BCUT2D eigenvalue weighted by Gasteiger charge is 2.23. The molecule has 0 bridgehead atoms. The summed E-state index contributed by atoms with van der Waals surface area (Å²) >= 11 is 6.08. The minimum atomic E-state index is 0.481. The highest BCUT2D eigenvalue weighted by Crippen LogP contribution is 2.32. The highest BCUT2D eigenvalue weighted by atomic mass is 35.5. The number of aromatic nitrogens is 2. The highest BCUT2D eigenvalue weighted by molar-refractivity contribution is 6.29. The van der Waals surface area contributed by atoms with Crippen molar-refractivity contribution in [3.63, 3.8) is 0 Å². The number of hydrogen-bond acceptors (Lipinski definition) is 4. The second-order valence-corrected chi connectivity index (χ2v) is 5.61. The molecule has 110 valence electrons. The summed E-state index contributed by atoms with van der Waals surface area (Å²) in [6.07, 6.45) is 3.47.